The van der Waals surface area contributed by atoms with Crippen molar-refractivity contribution in [2.45, 2.75) is 80.5 Å². The number of rotatable bonds is 30. The minimum Gasteiger partial charge on any atom is -0.748 e. The summed E-state index contributed by atoms with van der Waals surface area (Å²) >= 11 is 68.8. The highest BCUT2D eigenvalue weighted by molar-refractivity contribution is 9.14. The van der Waals surface area contributed by atoms with Crippen LogP contribution in [-0.4, -0.2) is 165 Å². The van der Waals surface area contributed by atoms with Gasteiger partial charge in [-0.3, -0.25) is 28.8 Å². The number of benzene rings is 8. The van der Waals surface area contributed by atoms with E-state index in [0.717, 1.165) is 29.6 Å². The number of hydrogen-bond donors (Lipinski definition) is 0. The van der Waals surface area contributed by atoms with E-state index in [0.29, 0.717) is 134 Å². The largest absolute Gasteiger partial charge is 0.748 e. The number of hydrogen-bond acceptors (Lipinski definition) is 34. The van der Waals surface area contributed by atoms with Gasteiger partial charge >= 0.3 is 81.4 Å². The molecule has 3 aliphatic carbocycles. The maximum Gasteiger partial charge on any atom is 0.367 e. The van der Waals surface area contributed by atoms with Crippen LogP contribution < -0.4 is 33.2 Å². The first-order valence-electron chi connectivity index (χ1n) is 40.5. The van der Waals surface area contributed by atoms with E-state index in [1.165, 1.54) is 0 Å². The first kappa shape index (κ1) is 132. The smallest absolute Gasteiger partial charge is 0.367 e. The monoisotopic (exact) mass is 3520 g/mol. The fourth-order valence-corrected chi connectivity index (χ4v) is 31.5. The molecule has 8 aromatic rings. The van der Waals surface area contributed by atoms with Crippen LogP contribution in [0.1, 0.15) is 95.8 Å². The molecule has 3 saturated carbocycles. The molecule has 816 valence electrons. The van der Waals surface area contributed by atoms with Crippen LogP contribution in [-0.2, 0) is 97.8 Å². The number of alkyl halides is 6. The molecule has 0 N–H and O–H groups in total. The molecule has 34 nitrogen and oxygen atoms in total. The Morgan fingerprint density at radius 3 is 0.780 bits per heavy atom. The van der Waals surface area contributed by atoms with Crippen LogP contribution >= 0.6 is 335 Å². The quantitative estimate of drug-likeness (QED) is 0.0101. The topological polar surface area (TPSA) is 518 Å². The maximum absolute atomic E-state index is 13.6. The summed E-state index contributed by atoms with van der Waals surface area (Å²) in [5.74, 6) is -18.2. The molecule has 0 bridgehead atoms. The van der Waals surface area contributed by atoms with Gasteiger partial charge in [-0.05, 0) is 390 Å². The Bertz CT molecular complexity index is 6750. The third kappa shape index (κ3) is 36.6. The summed E-state index contributed by atoms with van der Waals surface area (Å²) in [4.78, 5) is 143. The van der Waals surface area contributed by atoms with E-state index in [1.807, 2.05) is 0 Å². The van der Waals surface area contributed by atoms with Gasteiger partial charge < -0.3 is 70.3 Å². The van der Waals surface area contributed by atoms with E-state index in [-0.39, 0.29) is 65.6 Å². The average Bonchev–Trinajstić information content (AvgIpc) is 0.785. The highest BCUT2D eigenvalue weighted by atomic mass is 79.9. The van der Waals surface area contributed by atoms with E-state index in [2.05, 4.69) is 349 Å². The SMILES string of the molecule is CC(C(=O)OCCS(=O)(=O)[O-])(C(=O)Oc1c(Br)cc(Br)cc1Br)C(=O)Oc1c(Br)cc(Br)cc1Br.O=C(OCC(F)(F)S(=O)(=O)[O-])C1CC(C(=O)Oc2c(Br)cc(Br)cc2Br)CC(C(=O)Oc2c(Br)cc(Br)cc2Br)C1.O=C(OCC(F)(F)S(=O)(=O)[O-])C1CCCC2C(C(=O)Oc3c(Br)cc(Br)cc3Br)CCCC12.O=C(OCC(F)(F)S(=O)(=O)[O-])c1cc(C(=O)Oc2c(Br)cc(Br)cc2Br)cc(C(=O)Oc2c(Br)cc(Br)cc2Br)c1. The first-order chi connectivity index (χ1) is 69.2. The van der Waals surface area contributed by atoms with Gasteiger partial charge in [0.1, 0.15) is 6.61 Å². The van der Waals surface area contributed by atoms with Gasteiger partial charge in [-0.2, -0.15) is 26.3 Å². The van der Waals surface area contributed by atoms with Gasteiger partial charge in [0.05, 0.1) is 125 Å². The van der Waals surface area contributed by atoms with E-state index in [1.54, 1.807) is 84.9 Å². The second-order valence-corrected chi connectivity index (χ2v) is 55.7. The molecule has 0 amide bonds. The van der Waals surface area contributed by atoms with Gasteiger partial charge in [-0.15, -0.1) is 0 Å². The number of carbonyl (C=O) groups excluding carboxylic acids is 11. The Kier molecular flexibility index (Phi) is 49.6. The molecule has 11 rings (SSSR count). The molecule has 8 aromatic carbocycles. The van der Waals surface area contributed by atoms with Gasteiger partial charge in [0.2, 0.25) is 0 Å². The average molecular weight is 3540 g/mol. The third-order valence-corrected chi connectivity index (χ3v) is 35.5. The zero-order valence-corrected chi connectivity index (χ0v) is 110. The highest BCUT2D eigenvalue weighted by Crippen LogP contribution is 2.52. The molecule has 0 aliphatic heterocycles. The Morgan fingerprint density at radius 2 is 0.513 bits per heavy atom. The van der Waals surface area contributed by atoms with Crippen molar-refractivity contribution >= 4 is 441 Å². The molecule has 65 heteroatoms. The zero-order chi connectivity index (χ0) is 113. The summed E-state index contributed by atoms with van der Waals surface area (Å²) in [5, 5.41) is -14.5. The standard InChI is InChI=1S/C23H16Br6F2O9S.C23H10Br6F2O9S.C20H21Br3F2O7S.C19H12Br6O9S/c2*24-12-4-14(26)18(15(27)5-12)39-21(33)10-1-9(20(32)38-8-23(30,31)41(35,36)37)2-11(3-10)22(34)40-19-16(28)6-13(25)7-17(19)29;21-10-7-15(22)17(16(23)8-10)32-19(27)14-6-2-3-11-12(14)4-1-5-13(11)18(26)31-9-20(24,25)33(28,29)30;1-19(16(26)32-2-3-35(29,30)31,17(27)33-14-10(22)4-8(20)5-11(14)23)18(28)34-15-12(24)6-9(21)7-13(15)25/h4-7,9-11H,1-3,8H2,(H,35,36,37);1-7H,8H2,(H,35,36,37);7-8,11-14H,1-6,9H2,(H,28,29,30);4-7H,2-3H2,1H3,(H,29,30,31)/p-4. The second-order valence-electron chi connectivity index (χ2n) is 31.3. The summed E-state index contributed by atoms with van der Waals surface area (Å²) in [5.41, 5.74) is -4.17. The Balaban J connectivity index is 0.000000244. The first-order valence-corrected chi connectivity index (χ1v) is 62.9. The molecule has 3 fully saturated rings. The molecule has 0 heterocycles. The molecular formula is C85H55Br21F6O34S4-4. The summed E-state index contributed by atoms with van der Waals surface area (Å²) in [6.07, 6.45) is 2.78. The number of fused-ring (bicyclic) bond motifs is 1. The molecule has 6 unspecified atom stereocenters. The number of halogens is 27. The Hall–Kier alpha value is -2.77. The lowest BCUT2D eigenvalue weighted by Gasteiger charge is -2.43. The van der Waals surface area contributed by atoms with Crippen molar-refractivity contribution in [1.29, 1.82) is 0 Å². The van der Waals surface area contributed by atoms with Crippen molar-refractivity contribution in [3.05, 3.63) is 214 Å². The van der Waals surface area contributed by atoms with Gasteiger partial charge in [-0.1, -0.05) is 124 Å². The van der Waals surface area contributed by atoms with Crippen molar-refractivity contribution in [1.82, 2.24) is 0 Å². The van der Waals surface area contributed by atoms with Crippen molar-refractivity contribution in [3.63, 3.8) is 0 Å². The van der Waals surface area contributed by atoms with Crippen LogP contribution in [0.2, 0.25) is 0 Å². The molecule has 3 aliphatic rings. The van der Waals surface area contributed by atoms with Gasteiger partial charge in [0, 0.05) is 31.3 Å². The fourth-order valence-electron chi connectivity index (χ4n) is 13.7. The van der Waals surface area contributed by atoms with Gasteiger partial charge in [-0.25, -0.2) is 57.6 Å². The Labute approximate surface area is 1020 Å². The molecule has 150 heavy (non-hydrogen) atoms. The van der Waals surface area contributed by atoms with Crippen LogP contribution in [0.3, 0.4) is 0 Å². The summed E-state index contributed by atoms with van der Waals surface area (Å²) in [6.45, 7) is -5.94. The predicted molar refractivity (Wildman–Crippen MR) is 587 cm³/mol. The van der Waals surface area contributed by atoms with Crippen LogP contribution in [0.4, 0.5) is 26.3 Å². The molecular weight excluding hydrogens is 3490 g/mol. The van der Waals surface area contributed by atoms with E-state index < -0.39 is 206 Å². The summed E-state index contributed by atoms with van der Waals surface area (Å²) in [6, 6.07) is 25.2. The summed E-state index contributed by atoms with van der Waals surface area (Å²) in [7, 11) is -22.9. The van der Waals surface area contributed by atoms with E-state index in [9.17, 15) is 131 Å². The van der Waals surface area contributed by atoms with Gasteiger partial charge in [0.15, 0.2) is 90.4 Å². The molecule has 0 saturated heterocycles. The van der Waals surface area contributed by atoms with Crippen LogP contribution in [0, 0.1) is 46.8 Å². The minimum absolute atomic E-state index is 0.0262. The van der Waals surface area contributed by atoms with E-state index >= 15 is 0 Å². The second kappa shape index (κ2) is 56.2. The lowest BCUT2D eigenvalue weighted by Crippen LogP contribution is -2.49. The van der Waals surface area contributed by atoms with Crippen molar-refractivity contribution in [3.8, 4) is 40.2 Å². The normalized spacial score (nSPS) is 16.9. The number of carbonyl (C=O) groups is 11. The number of ether oxygens (including phenoxy) is 11. The minimum atomic E-state index is -6.15. The summed E-state index contributed by atoms with van der Waals surface area (Å²) < 4.78 is 277. The molecule has 0 aromatic heterocycles. The lowest BCUT2D eigenvalue weighted by atomic mass is 9.61. The maximum atomic E-state index is 13.6. The zero-order valence-electron chi connectivity index (χ0n) is 73.5. The van der Waals surface area contributed by atoms with Crippen molar-refractivity contribution in [2.75, 3.05) is 32.2 Å². The van der Waals surface area contributed by atoms with Crippen molar-refractivity contribution < 1.29 is 183 Å². The lowest BCUT2D eigenvalue weighted by molar-refractivity contribution is -0.175. The fraction of sp³-hybridized carbons (Fsp3) is 0.306. The predicted octanol–water partition coefficient (Wildman–Crippen LogP) is 26.7. The van der Waals surface area contributed by atoms with Crippen molar-refractivity contribution in [2.24, 2.45) is 46.8 Å². The van der Waals surface area contributed by atoms with Crippen LogP contribution in [0.5, 0.6) is 40.2 Å². The third-order valence-electron chi connectivity index (χ3n) is 20.8. The van der Waals surface area contributed by atoms with Crippen LogP contribution in [0.25, 0.3) is 0 Å². The molecule has 0 radical (unpaired) electrons. The Morgan fingerprint density at radius 1 is 0.287 bits per heavy atom. The van der Waals surface area contributed by atoms with Gasteiger partial charge in [0.25, 0.3) is 5.41 Å². The molecule has 6 atom stereocenters. The highest BCUT2D eigenvalue weighted by Gasteiger charge is 2.56. The molecule has 0 spiro atoms. The van der Waals surface area contributed by atoms with Crippen LogP contribution in [0.15, 0.2) is 197 Å². The van der Waals surface area contributed by atoms with E-state index in [4.69, 9.17) is 37.9 Å². The number of esters is 11.